The van der Waals surface area contributed by atoms with E-state index >= 15 is 0 Å². The third-order valence-electron chi connectivity index (χ3n) is 2.73. The van der Waals surface area contributed by atoms with Crippen LogP contribution in [-0.2, 0) is 0 Å². The predicted molar refractivity (Wildman–Crippen MR) is 48.1 cm³/mol. The van der Waals surface area contributed by atoms with Gasteiger partial charge in [-0.25, -0.2) is 0 Å². The van der Waals surface area contributed by atoms with Crippen molar-refractivity contribution >= 4 is 0 Å². The van der Waals surface area contributed by atoms with Gasteiger partial charge in [0.15, 0.2) is 0 Å². The number of hydrogen-bond acceptors (Lipinski definition) is 2. The SMILES string of the molecule is CC1CC(c2ccoc2)C(C)N1. The highest BCUT2D eigenvalue weighted by Gasteiger charge is 2.29. The quantitative estimate of drug-likeness (QED) is 0.689. The topological polar surface area (TPSA) is 25.2 Å². The van der Waals surface area contributed by atoms with E-state index in [0.717, 1.165) is 0 Å². The zero-order valence-corrected chi connectivity index (χ0v) is 7.58. The molecule has 2 nitrogen and oxygen atoms in total. The fourth-order valence-electron chi connectivity index (χ4n) is 2.13. The minimum atomic E-state index is 0.581. The van der Waals surface area contributed by atoms with Crippen LogP contribution in [0.1, 0.15) is 31.7 Å². The van der Waals surface area contributed by atoms with E-state index in [0.29, 0.717) is 18.0 Å². The lowest BCUT2D eigenvalue weighted by atomic mass is 9.94. The number of hydrogen-bond donors (Lipinski definition) is 1. The Kier molecular flexibility index (Phi) is 1.93. The van der Waals surface area contributed by atoms with E-state index in [1.165, 1.54) is 12.0 Å². The van der Waals surface area contributed by atoms with E-state index in [1.807, 2.05) is 6.26 Å². The fraction of sp³-hybridized carbons (Fsp3) is 0.600. The second kappa shape index (κ2) is 2.94. The van der Waals surface area contributed by atoms with Gasteiger partial charge < -0.3 is 9.73 Å². The molecular weight excluding hydrogens is 150 g/mol. The van der Waals surface area contributed by atoms with E-state index in [-0.39, 0.29) is 0 Å². The molecule has 3 atom stereocenters. The summed E-state index contributed by atoms with van der Waals surface area (Å²) in [5.41, 5.74) is 1.33. The smallest absolute Gasteiger partial charge is 0.0937 e. The number of furan rings is 1. The molecule has 1 aliphatic heterocycles. The van der Waals surface area contributed by atoms with Crippen molar-refractivity contribution in [2.75, 3.05) is 0 Å². The molecule has 2 heterocycles. The Hall–Kier alpha value is -0.760. The van der Waals surface area contributed by atoms with Crippen LogP contribution in [0, 0.1) is 0 Å². The molecule has 0 radical (unpaired) electrons. The molecule has 1 aromatic heterocycles. The van der Waals surface area contributed by atoms with E-state index in [9.17, 15) is 0 Å². The van der Waals surface area contributed by atoms with Crippen molar-refractivity contribution in [2.24, 2.45) is 0 Å². The molecule has 0 saturated carbocycles. The molecule has 0 aliphatic carbocycles. The maximum absolute atomic E-state index is 5.08. The van der Waals surface area contributed by atoms with Gasteiger partial charge in [0.1, 0.15) is 0 Å². The van der Waals surface area contributed by atoms with Crippen LogP contribution in [0.5, 0.6) is 0 Å². The van der Waals surface area contributed by atoms with Crippen LogP contribution in [0.4, 0.5) is 0 Å². The number of nitrogens with one attached hydrogen (secondary N) is 1. The summed E-state index contributed by atoms with van der Waals surface area (Å²) in [6.07, 6.45) is 4.84. The monoisotopic (exact) mass is 165 g/mol. The lowest BCUT2D eigenvalue weighted by molar-refractivity contribution is 0.545. The first-order valence-electron chi connectivity index (χ1n) is 4.55. The van der Waals surface area contributed by atoms with Gasteiger partial charge in [-0.05, 0) is 31.9 Å². The van der Waals surface area contributed by atoms with Crippen LogP contribution in [0.25, 0.3) is 0 Å². The first kappa shape index (κ1) is 7.87. The summed E-state index contributed by atoms with van der Waals surface area (Å²) in [6.45, 7) is 4.47. The molecule has 0 bridgehead atoms. The van der Waals surface area contributed by atoms with Crippen LogP contribution in [0.15, 0.2) is 23.0 Å². The summed E-state index contributed by atoms with van der Waals surface area (Å²) in [5, 5.41) is 3.51. The van der Waals surface area contributed by atoms with Gasteiger partial charge in [0.2, 0.25) is 0 Å². The number of rotatable bonds is 1. The van der Waals surface area contributed by atoms with Crippen LogP contribution in [0.2, 0.25) is 0 Å². The molecule has 0 aromatic carbocycles. The molecule has 1 aromatic rings. The summed E-state index contributed by atoms with van der Waals surface area (Å²) >= 11 is 0. The summed E-state index contributed by atoms with van der Waals surface area (Å²) in [5.74, 6) is 0.638. The third kappa shape index (κ3) is 1.27. The van der Waals surface area contributed by atoms with Crippen LogP contribution >= 0.6 is 0 Å². The van der Waals surface area contributed by atoms with Crippen molar-refractivity contribution in [2.45, 2.75) is 38.3 Å². The minimum Gasteiger partial charge on any atom is -0.472 e. The first-order valence-corrected chi connectivity index (χ1v) is 4.55. The fourth-order valence-corrected chi connectivity index (χ4v) is 2.13. The molecule has 3 unspecified atom stereocenters. The van der Waals surface area contributed by atoms with Crippen LogP contribution in [-0.4, -0.2) is 12.1 Å². The van der Waals surface area contributed by atoms with Crippen molar-refractivity contribution in [1.29, 1.82) is 0 Å². The second-order valence-electron chi connectivity index (χ2n) is 3.76. The van der Waals surface area contributed by atoms with Crippen molar-refractivity contribution < 1.29 is 4.42 Å². The van der Waals surface area contributed by atoms with Gasteiger partial charge >= 0.3 is 0 Å². The lowest BCUT2D eigenvalue weighted by Gasteiger charge is -2.11. The van der Waals surface area contributed by atoms with Crippen molar-refractivity contribution in [3.8, 4) is 0 Å². The van der Waals surface area contributed by atoms with E-state index < -0.39 is 0 Å². The van der Waals surface area contributed by atoms with Gasteiger partial charge in [-0.1, -0.05) is 0 Å². The lowest BCUT2D eigenvalue weighted by Crippen LogP contribution is -2.25. The molecule has 66 valence electrons. The second-order valence-corrected chi connectivity index (χ2v) is 3.76. The van der Waals surface area contributed by atoms with Gasteiger partial charge in [-0.15, -0.1) is 0 Å². The molecule has 1 aliphatic rings. The molecular formula is C10H15NO. The van der Waals surface area contributed by atoms with Gasteiger partial charge in [-0.3, -0.25) is 0 Å². The summed E-state index contributed by atoms with van der Waals surface area (Å²) < 4.78 is 5.08. The van der Waals surface area contributed by atoms with Crippen LogP contribution < -0.4 is 5.32 Å². The van der Waals surface area contributed by atoms with Crippen LogP contribution in [0.3, 0.4) is 0 Å². The Balaban J connectivity index is 2.15. The Morgan fingerprint density at radius 2 is 2.33 bits per heavy atom. The Morgan fingerprint density at radius 3 is 2.83 bits per heavy atom. The molecule has 2 heteroatoms. The highest BCUT2D eigenvalue weighted by atomic mass is 16.3. The van der Waals surface area contributed by atoms with Gasteiger partial charge in [-0.2, -0.15) is 0 Å². The third-order valence-corrected chi connectivity index (χ3v) is 2.73. The van der Waals surface area contributed by atoms with Crippen molar-refractivity contribution in [1.82, 2.24) is 5.32 Å². The van der Waals surface area contributed by atoms with Gasteiger partial charge in [0, 0.05) is 18.0 Å². The highest BCUT2D eigenvalue weighted by Crippen LogP contribution is 2.30. The standard InChI is InChI=1S/C10H15NO/c1-7-5-10(8(2)11-7)9-3-4-12-6-9/h3-4,6-8,10-11H,5H2,1-2H3. The van der Waals surface area contributed by atoms with Gasteiger partial charge in [0.25, 0.3) is 0 Å². The Labute approximate surface area is 73.0 Å². The maximum Gasteiger partial charge on any atom is 0.0937 e. The van der Waals surface area contributed by atoms with E-state index in [2.05, 4.69) is 25.2 Å². The summed E-state index contributed by atoms with van der Waals surface area (Å²) in [7, 11) is 0. The average Bonchev–Trinajstić information content (AvgIpc) is 2.58. The highest BCUT2D eigenvalue weighted by molar-refractivity contribution is 5.17. The normalized spacial score (nSPS) is 35.7. The Bertz CT molecular complexity index is 242. The molecule has 12 heavy (non-hydrogen) atoms. The zero-order valence-electron chi connectivity index (χ0n) is 7.58. The van der Waals surface area contributed by atoms with Crippen molar-refractivity contribution in [3.05, 3.63) is 24.2 Å². The summed E-state index contributed by atoms with van der Waals surface area (Å²) in [4.78, 5) is 0. The maximum atomic E-state index is 5.08. The predicted octanol–water partition coefficient (Wildman–Crippen LogP) is 2.13. The largest absolute Gasteiger partial charge is 0.472 e. The molecule has 0 spiro atoms. The van der Waals surface area contributed by atoms with E-state index in [4.69, 9.17) is 4.42 Å². The minimum absolute atomic E-state index is 0.581. The Morgan fingerprint density at radius 1 is 1.50 bits per heavy atom. The molecule has 0 amide bonds. The average molecular weight is 165 g/mol. The van der Waals surface area contributed by atoms with Gasteiger partial charge in [0.05, 0.1) is 12.5 Å². The van der Waals surface area contributed by atoms with E-state index in [1.54, 1.807) is 6.26 Å². The van der Waals surface area contributed by atoms with Crippen molar-refractivity contribution in [3.63, 3.8) is 0 Å². The molecule has 2 rings (SSSR count). The molecule has 1 fully saturated rings. The first-order chi connectivity index (χ1) is 5.77. The summed E-state index contributed by atoms with van der Waals surface area (Å²) in [6, 6.07) is 3.29. The molecule has 1 N–H and O–H groups in total. The molecule has 1 saturated heterocycles. The zero-order chi connectivity index (χ0) is 8.55.